The van der Waals surface area contributed by atoms with Crippen molar-refractivity contribution >= 4 is 16.7 Å². The first-order valence-corrected chi connectivity index (χ1v) is 7.37. The fourth-order valence-electron chi connectivity index (χ4n) is 2.60. The number of aryl methyl sites for hydroxylation is 1. The second kappa shape index (κ2) is 6.12. The van der Waals surface area contributed by atoms with Crippen LogP contribution in [0.15, 0.2) is 48.8 Å². The standard InChI is InChI=1S/C18H19N3O2/c1-20(18(22)16-10-19-21(2)12-16)11-13-4-5-15-9-17(23-3)7-6-14(15)8-13/h4-10,12H,11H2,1-3H3. The van der Waals surface area contributed by atoms with Crippen molar-refractivity contribution in [2.24, 2.45) is 7.05 Å². The van der Waals surface area contributed by atoms with Gasteiger partial charge in [-0.2, -0.15) is 5.10 Å². The lowest BCUT2D eigenvalue weighted by atomic mass is 10.1. The summed E-state index contributed by atoms with van der Waals surface area (Å²) in [5.74, 6) is 0.807. The number of hydrogen-bond acceptors (Lipinski definition) is 3. The van der Waals surface area contributed by atoms with Gasteiger partial charge in [-0.15, -0.1) is 0 Å². The number of carbonyl (C=O) groups excluding carboxylic acids is 1. The van der Waals surface area contributed by atoms with Gasteiger partial charge in [0.25, 0.3) is 5.91 Å². The Balaban J connectivity index is 1.79. The Labute approximate surface area is 135 Å². The Bertz CT molecular complexity index is 854. The van der Waals surface area contributed by atoms with Crippen LogP contribution in [-0.4, -0.2) is 34.7 Å². The zero-order chi connectivity index (χ0) is 16.4. The number of nitrogens with zero attached hydrogens (tertiary/aromatic N) is 3. The Morgan fingerprint density at radius 1 is 1.22 bits per heavy atom. The van der Waals surface area contributed by atoms with E-state index in [1.807, 2.05) is 24.3 Å². The number of aromatic nitrogens is 2. The summed E-state index contributed by atoms with van der Waals surface area (Å²) >= 11 is 0. The highest BCUT2D eigenvalue weighted by Crippen LogP contribution is 2.22. The molecule has 0 radical (unpaired) electrons. The van der Waals surface area contributed by atoms with Crippen LogP contribution >= 0.6 is 0 Å². The lowest BCUT2D eigenvalue weighted by Crippen LogP contribution is -2.25. The molecule has 0 spiro atoms. The predicted octanol–water partition coefficient (Wildman–Crippen LogP) is 2.85. The highest BCUT2D eigenvalue weighted by molar-refractivity contribution is 5.93. The van der Waals surface area contributed by atoms with Crippen LogP contribution in [0.5, 0.6) is 5.75 Å². The quantitative estimate of drug-likeness (QED) is 0.744. The lowest BCUT2D eigenvalue weighted by molar-refractivity contribution is 0.0785. The minimum Gasteiger partial charge on any atom is -0.497 e. The van der Waals surface area contributed by atoms with E-state index in [9.17, 15) is 4.79 Å². The highest BCUT2D eigenvalue weighted by atomic mass is 16.5. The van der Waals surface area contributed by atoms with Crippen molar-refractivity contribution in [1.29, 1.82) is 0 Å². The highest BCUT2D eigenvalue weighted by Gasteiger charge is 2.13. The molecule has 3 aromatic rings. The summed E-state index contributed by atoms with van der Waals surface area (Å²) in [6.45, 7) is 0.551. The van der Waals surface area contributed by atoms with Gasteiger partial charge in [0.1, 0.15) is 5.75 Å². The molecule has 1 aromatic heterocycles. The van der Waals surface area contributed by atoms with E-state index in [4.69, 9.17) is 4.74 Å². The molecule has 1 heterocycles. The monoisotopic (exact) mass is 309 g/mol. The summed E-state index contributed by atoms with van der Waals surface area (Å²) < 4.78 is 6.87. The summed E-state index contributed by atoms with van der Waals surface area (Å²) in [4.78, 5) is 14.1. The molecular formula is C18H19N3O2. The van der Waals surface area contributed by atoms with E-state index in [2.05, 4.69) is 17.2 Å². The molecule has 5 nitrogen and oxygen atoms in total. The number of ether oxygens (including phenoxy) is 1. The van der Waals surface area contributed by atoms with Crippen molar-refractivity contribution in [1.82, 2.24) is 14.7 Å². The maximum atomic E-state index is 12.4. The number of amides is 1. The molecule has 0 bridgehead atoms. The number of carbonyl (C=O) groups is 1. The van der Waals surface area contributed by atoms with Gasteiger partial charge in [-0.05, 0) is 34.5 Å². The average molecular weight is 309 g/mol. The molecule has 0 aliphatic heterocycles. The third-order valence-corrected chi connectivity index (χ3v) is 3.83. The van der Waals surface area contributed by atoms with E-state index in [0.29, 0.717) is 12.1 Å². The zero-order valence-corrected chi connectivity index (χ0v) is 13.5. The molecular weight excluding hydrogens is 290 g/mol. The molecule has 3 rings (SSSR count). The number of hydrogen-bond donors (Lipinski definition) is 0. The average Bonchev–Trinajstić information content (AvgIpc) is 3.00. The summed E-state index contributed by atoms with van der Waals surface area (Å²) in [6, 6.07) is 12.2. The molecule has 118 valence electrons. The molecule has 2 aromatic carbocycles. The van der Waals surface area contributed by atoms with Crippen molar-refractivity contribution in [3.63, 3.8) is 0 Å². The lowest BCUT2D eigenvalue weighted by Gasteiger charge is -2.16. The summed E-state index contributed by atoms with van der Waals surface area (Å²) in [5.41, 5.74) is 1.68. The maximum Gasteiger partial charge on any atom is 0.257 e. The molecule has 1 amide bonds. The van der Waals surface area contributed by atoms with E-state index in [-0.39, 0.29) is 5.91 Å². The van der Waals surface area contributed by atoms with Crippen LogP contribution in [0, 0.1) is 0 Å². The van der Waals surface area contributed by atoms with Gasteiger partial charge in [0.15, 0.2) is 0 Å². The maximum absolute atomic E-state index is 12.4. The molecule has 0 atom stereocenters. The van der Waals surface area contributed by atoms with Crippen molar-refractivity contribution in [2.75, 3.05) is 14.2 Å². The normalized spacial score (nSPS) is 10.7. The van der Waals surface area contributed by atoms with Crippen LogP contribution in [0.3, 0.4) is 0 Å². The van der Waals surface area contributed by atoms with Gasteiger partial charge in [-0.1, -0.05) is 18.2 Å². The number of rotatable bonds is 4. The van der Waals surface area contributed by atoms with Gasteiger partial charge in [0.2, 0.25) is 0 Å². The molecule has 5 heteroatoms. The fraction of sp³-hybridized carbons (Fsp3) is 0.222. The van der Waals surface area contributed by atoms with Crippen molar-refractivity contribution < 1.29 is 9.53 Å². The minimum absolute atomic E-state index is 0.0343. The predicted molar refractivity (Wildman–Crippen MR) is 89.5 cm³/mol. The van der Waals surface area contributed by atoms with Gasteiger partial charge in [-0.3, -0.25) is 9.48 Å². The van der Waals surface area contributed by atoms with Gasteiger partial charge >= 0.3 is 0 Å². The first-order chi connectivity index (χ1) is 11.1. The van der Waals surface area contributed by atoms with E-state index in [1.165, 1.54) is 0 Å². The van der Waals surface area contributed by atoms with E-state index in [0.717, 1.165) is 22.1 Å². The summed E-state index contributed by atoms with van der Waals surface area (Å²) in [6.07, 6.45) is 3.32. The molecule has 0 aliphatic rings. The summed E-state index contributed by atoms with van der Waals surface area (Å²) in [7, 11) is 5.26. The first kappa shape index (κ1) is 15.1. The van der Waals surface area contributed by atoms with Crippen molar-refractivity contribution in [3.05, 3.63) is 59.9 Å². The topological polar surface area (TPSA) is 47.4 Å². The number of methoxy groups -OCH3 is 1. The Hall–Kier alpha value is -2.82. The van der Waals surface area contributed by atoms with Crippen LogP contribution in [0.4, 0.5) is 0 Å². The van der Waals surface area contributed by atoms with Crippen LogP contribution in [0.1, 0.15) is 15.9 Å². The molecule has 0 unspecified atom stereocenters. The van der Waals surface area contributed by atoms with Gasteiger partial charge in [-0.25, -0.2) is 0 Å². The molecule has 0 saturated heterocycles. The SMILES string of the molecule is COc1ccc2cc(CN(C)C(=O)c3cnn(C)c3)ccc2c1. The molecule has 0 saturated carbocycles. The Morgan fingerprint density at radius 3 is 2.65 bits per heavy atom. The van der Waals surface area contributed by atoms with Gasteiger partial charge in [0, 0.05) is 26.8 Å². The van der Waals surface area contributed by atoms with Gasteiger partial charge < -0.3 is 9.64 Å². The van der Waals surface area contributed by atoms with E-state index >= 15 is 0 Å². The smallest absolute Gasteiger partial charge is 0.257 e. The number of benzene rings is 2. The first-order valence-electron chi connectivity index (χ1n) is 7.37. The second-order valence-corrected chi connectivity index (χ2v) is 5.61. The largest absolute Gasteiger partial charge is 0.497 e. The number of fused-ring (bicyclic) bond motifs is 1. The fourth-order valence-corrected chi connectivity index (χ4v) is 2.60. The third kappa shape index (κ3) is 3.18. The van der Waals surface area contributed by atoms with Crippen LogP contribution < -0.4 is 4.74 Å². The van der Waals surface area contributed by atoms with E-state index in [1.54, 1.807) is 43.2 Å². The zero-order valence-electron chi connectivity index (χ0n) is 13.5. The van der Waals surface area contributed by atoms with Crippen LogP contribution in [-0.2, 0) is 13.6 Å². The van der Waals surface area contributed by atoms with Gasteiger partial charge in [0.05, 0.1) is 18.9 Å². The molecule has 0 fully saturated rings. The third-order valence-electron chi connectivity index (χ3n) is 3.83. The Morgan fingerprint density at radius 2 is 1.96 bits per heavy atom. The Kier molecular flexibility index (Phi) is 4.02. The minimum atomic E-state index is -0.0343. The van der Waals surface area contributed by atoms with E-state index < -0.39 is 0 Å². The van der Waals surface area contributed by atoms with Crippen LogP contribution in [0.25, 0.3) is 10.8 Å². The summed E-state index contributed by atoms with van der Waals surface area (Å²) in [5, 5.41) is 6.29. The molecule has 0 aliphatic carbocycles. The van der Waals surface area contributed by atoms with Crippen LogP contribution in [0.2, 0.25) is 0 Å². The molecule has 23 heavy (non-hydrogen) atoms. The van der Waals surface area contributed by atoms with Crippen molar-refractivity contribution in [2.45, 2.75) is 6.54 Å². The molecule has 0 N–H and O–H groups in total. The second-order valence-electron chi connectivity index (χ2n) is 5.61. The van der Waals surface area contributed by atoms with Crippen molar-refractivity contribution in [3.8, 4) is 5.75 Å².